The first-order chi connectivity index (χ1) is 12.3. The predicted molar refractivity (Wildman–Crippen MR) is 101 cm³/mol. The van der Waals surface area contributed by atoms with E-state index in [1.807, 2.05) is 43.3 Å². The third kappa shape index (κ3) is 4.08. The smallest absolute Gasteiger partial charge is 0.410 e. The average Bonchev–Trinajstić information content (AvgIpc) is 3.00. The zero-order valence-corrected chi connectivity index (χ0v) is 15.4. The molecular weight excluding hydrogens is 328 g/mol. The van der Waals surface area contributed by atoms with Gasteiger partial charge >= 0.3 is 6.09 Å². The molecule has 0 aliphatic carbocycles. The summed E-state index contributed by atoms with van der Waals surface area (Å²) in [7, 11) is 0. The lowest BCUT2D eigenvalue weighted by atomic mass is 9.92. The number of anilines is 1. The number of aromatic nitrogens is 3. The second kappa shape index (κ2) is 7.00. The number of hydrogen-bond acceptors (Lipinski definition) is 4. The highest BCUT2D eigenvalue weighted by Gasteiger charge is 2.22. The minimum Gasteiger partial charge on any atom is -0.410 e. The number of benzene rings is 1. The zero-order valence-electron chi connectivity index (χ0n) is 15.4. The van der Waals surface area contributed by atoms with Gasteiger partial charge in [0.25, 0.3) is 0 Å². The van der Waals surface area contributed by atoms with Crippen LogP contribution in [0.4, 0.5) is 10.6 Å². The number of aryl methyl sites for hydroxylation is 1. The highest BCUT2D eigenvalue weighted by Crippen LogP contribution is 2.26. The van der Waals surface area contributed by atoms with Gasteiger partial charge in [-0.15, -0.1) is 0 Å². The topological polar surface area (TPSA) is 69.0 Å². The van der Waals surface area contributed by atoms with Crippen LogP contribution in [-0.4, -0.2) is 20.9 Å². The summed E-state index contributed by atoms with van der Waals surface area (Å²) >= 11 is 0. The number of amides is 1. The fourth-order valence-corrected chi connectivity index (χ4v) is 2.34. The van der Waals surface area contributed by atoms with Crippen molar-refractivity contribution >= 4 is 11.9 Å². The molecule has 3 aromatic rings. The van der Waals surface area contributed by atoms with Crippen molar-refractivity contribution in [3.8, 4) is 11.4 Å². The minimum absolute atomic E-state index is 0.164. The number of pyridine rings is 1. The molecule has 0 saturated heterocycles. The van der Waals surface area contributed by atoms with Crippen LogP contribution in [0.15, 0.2) is 54.7 Å². The van der Waals surface area contributed by atoms with Crippen LogP contribution in [0.2, 0.25) is 0 Å². The van der Waals surface area contributed by atoms with Gasteiger partial charge < -0.3 is 4.74 Å². The summed E-state index contributed by atoms with van der Waals surface area (Å²) in [5.74, 6) is 1.01. The minimum atomic E-state index is -0.571. The van der Waals surface area contributed by atoms with E-state index in [2.05, 4.69) is 36.2 Å². The van der Waals surface area contributed by atoms with E-state index in [1.165, 1.54) is 0 Å². The number of carbonyl (C=O) groups is 1. The standard InChI is InChI=1S/C20H22N4O2/c1-14-10-11-15(13-21-14)24-18(12-17(23-24)20(2,3)4)22-19(25)26-16-8-6-5-7-9-16/h5-13H,1-4H3,(H,22,25). The Morgan fingerprint density at radius 1 is 1.12 bits per heavy atom. The first kappa shape index (κ1) is 17.7. The van der Waals surface area contributed by atoms with Gasteiger partial charge in [-0.2, -0.15) is 5.10 Å². The first-order valence-corrected chi connectivity index (χ1v) is 8.40. The van der Waals surface area contributed by atoms with Gasteiger partial charge in [0, 0.05) is 17.2 Å². The maximum absolute atomic E-state index is 12.3. The van der Waals surface area contributed by atoms with E-state index in [1.54, 1.807) is 23.0 Å². The van der Waals surface area contributed by atoms with Gasteiger partial charge in [-0.05, 0) is 31.2 Å². The predicted octanol–water partition coefficient (Wildman–Crippen LogP) is 4.48. The third-order valence-corrected chi connectivity index (χ3v) is 3.80. The summed E-state index contributed by atoms with van der Waals surface area (Å²) in [5.41, 5.74) is 2.37. The molecule has 1 amide bonds. The summed E-state index contributed by atoms with van der Waals surface area (Å²) < 4.78 is 6.98. The Bertz CT molecular complexity index is 894. The van der Waals surface area contributed by atoms with Crippen LogP contribution < -0.4 is 10.1 Å². The van der Waals surface area contributed by atoms with Crippen LogP contribution >= 0.6 is 0 Å². The fraction of sp³-hybridized carbons (Fsp3) is 0.250. The fourth-order valence-electron chi connectivity index (χ4n) is 2.34. The number of carbonyl (C=O) groups excluding carboxylic acids is 1. The maximum atomic E-state index is 12.3. The van der Waals surface area contributed by atoms with Crippen molar-refractivity contribution in [1.29, 1.82) is 0 Å². The molecule has 0 aliphatic heterocycles. The lowest BCUT2D eigenvalue weighted by Gasteiger charge is -2.14. The zero-order chi connectivity index (χ0) is 18.7. The van der Waals surface area contributed by atoms with E-state index in [0.717, 1.165) is 17.1 Å². The maximum Gasteiger partial charge on any atom is 0.418 e. The second-order valence-electron chi connectivity index (χ2n) is 7.06. The van der Waals surface area contributed by atoms with Crippen molar-refractivity contribution in [2.75, 3.05) is 5.32 Å². The molecule has 3 rings (SSSR count). The van der Waals surface area contributed by atoms with Crippen LogP contribution in [0.1, 0.15) is 32.2 Å². The Labute approximate surface area is 152 Å². The van der Waals surface area contributed by atoms with Crippen LogP contribution in [0, 0.1) is 6.92 Å². The van der Waals surface area contributed by atoms with Gasteiger partial charge in [-0.25, -0.2) is 9.48 Å². The SMILES string of the molecule is Cc1ccc(-n2nc(C(C)(C)C)cc2NC(=O)Oc2ccccc2)cn1. The number of para-hydroxylation sites is 1. The van der Waals surface area contributed by atoms with E-state index in [9.17, 15) is 4.79 Å². The van der Waals surface area contributed by atoms with Crippen LogP contribution in [0.25, 0.3) is 5.69 Å². The Hall–Kier alpha value is -3.15. The molecule has 2 heterocycles. The molecule has 6 nitrogen and oxygen atoms in total. The lowest BCUT2D eigenvalue weighted by Crippen LogP contribution is -2.19. The van der Waals surface area contributed by atoms with Gasteiger partial charge in [0.15, 0.2) is 0 Å². The van der Waals surface area contributed by atoms with Crippen molar-refractivity contribution < 1.29 is 9.53 Å². The van der Waals surface area contributed by atoms with Gasteiger partial charge in [0.2, 0.25) is 0 Å². The molecule has 0 radical (unpaired) electrons. The number of nitrogens with one attached hydrogen (secondary N) is 1. The molecule has 0 atom stereocenters. The van der Waals surface area contributed by atoms with E-state index in [4.69, 9.17) is 4.74 Å². The Kier molecular flexibility index (Phi) is 4.75. The number of ether oxygens (including phenoxy) is 1. The molecule has 1 N–H and O–H groups in total. The Balaban J connectivity index is 1.90. The third-order valence-electron chi connectivity index (χ3n) is 3.80. The summed E-state index contributed by atoms with van der Waals surface area (Å²) in [5, 5.41) is 7.42. The molecule has 1 aromatic carbocycles. The normalized spacial score (nSPS) is 11.2. The van der Waals surface area contributed by atoms with E-state index >= 15 is 0 Å². The first-order valence-electron chi connectivity index (χ1n) is 8.40. The monoisotopic (exact) mass is 350 g/mol. The number of nitrogens with zero attached hydrogens (tertiary/aromatic N) is 3. The number of hydrogen-bond donors (Lipinski definition) is 1. The second-order valence-corrected chi connectivity index (χ2v) is 7.06. The number of rotatable bonds is 3. The van der Waals surface area contributed by atoms with E-state index in [0.29, 0.717) is 11.6 Å². The lowest BCUT2D eigenvalue weighted by molar-refractivity contribution is 0.215. The molecule has 0 aliphatic rings. The van der Waals surface area contributed by atoms with Gasteiger partial charge in [-0.3, -0.25) is 10.3 Å². The summed E-state index contributed by atoms with van der Waals surface area (Å²) in [6.45, 7) is 8.13. The molecule has 0 bridgehead atoms. The Morgan fingerprint density at radius 3 is 2.46 bits per heavy atom. The largest absolute Gasteiger partial charge is 0.418 e. The highest BCUT2D eigenvalue weighted by atomic mass is 16.6. The molecule has 0 unspecified atom stereocenters. The quantitative estimate of drug-likeness (QED) is 0.756. The molecule has 26 heavy (non-hydrogen) atoms. The highest BCUT2D eigenvalue weighted by molar-refractivity contribution is 5.85. The van der Waals surface area contributed by atoms with Gasteiger partial charge in [0.1, 0.15) is 11.6 Å². The molecule has 0 fully saturated rings. The van der Waals surface area contributed by atoms with Crippen molar-refractivity contribution in [2.45, 2.75) is 33.1 Å². The van der Waals surface area contributed by atoms with Crippen molar-refractivity contribution in [3.05, 3.63) is 66.1 Å². The molecule has 0 saturated carbocycles. The van der Waals surface area contributed by atoms with Crippen LogP contribution in [-0.2, 0) is 5.41 Å². The molecule has 6 heteroatoms. The van der Waals surface area contributed by atoms with Gasteiger partial charge in [0.05, 0.1) is 17.6 Å². The Morgan fingerprint density at radius 2 is 1.85 bits per heavy atom. The van der Waals surface area contributed by atoms with Crippen molar-refractivity contribution in [2.24, 2.45) is 0 Å². The van der Waals surface area contributed by atoms with Crippen molar-refractivity contribution in [3.63, 3.8) is 0 Å². The van der Waals surface area contributed by atoms with Gasteiger partial charge in [-0.1, -0.05) is 39.0 Å². The molecular formula is C20H22N4O2. The van der Waals surface area contributed by atoms with Crippen LogP contribution in [0.5, 0.6) is 5.75 Å². The molecule has 2 aromatic heterocycles. The summed E-state index contributed by atoms with van der Waals surface area (Å²) in [6.07, 6.45) is 1.15. The van der Waals surface area contributed by atoms with E-state index < -0.39 is 6.09 Å². The summed E-state index contributed by atoms with van der Waals surface area (Å²) in [6, 6.07) is 14.6. The summed E-state index contributed by atoms with van der Waals surface area (Å²) in [4.78, 5) is 16.6. The van der Waals surface area contributed by atoms with Crippen molar-refractivity contribution in [1.82, 2.24) is 14.8 Å². The average molecular weight is 350 g/mol. The van der Waals surface area contributed by atoms with Crippen LogP contribution in [0.3, 0.4) is 0 Å². The van der Waals surface area contributed by atoms with E-state index in [-0.39, 0.29) is 5.41 Å². The molecule has 0 spiro atoms. The molecule has 134 valence electrons.